The number of nitrogens with one attached hydrogen (secondary N) is 2. The Kier molecular flexibility index (Phi) is 4.60. The van der Waals surface area contributed by atoms with Gasteiger partial charge in [-0.05, 0) is 31.2 Å². The van der Waals surface area contributed by atoms with Crippen LogP contribution in [-0.2, 0) is 16.0 Å². The van der Waals surface area contributed by atoms with Gasteiger partial charge in [0.25, 0.3) is 5.91 Å². The first kappa shape index (κ1) is 15.5. The summed E-state index contributed by atoms with van der Waals surface area (Å²) < 4.78 is 0. The highest BCUT2D eigenvalue weighted by atomic mass is 16.2. The van der Waals surface area contributed by atoms with Crippen LogP contribution in [0, 0.1) is 0 Å². The van der Waals surface area contributed by atoms with E-state index in [0.717, 1.165) is 18.4 Å². The zero-order chi connectivity index (χ0) is 16.2. The zero-order valence-corrected chi connectivity index (χ0v) is 13.0. The maximum Gasteiger partial charge on any atom is 0.324 e. The van der Waals surface area contributed by atoms with Crippen LogP contribution >= 0.6 is 0 Å². The monoisotopic (exact) mass is 315 g/mol. The highest BCUT2D eigenvalue weighted by molar-refractivity contribution is 6.04. The molecule has 2 aliphatic rings. The molecule has 6 heteroatoms. The van der Waals surface area contributed by atoms with E-state index in [-0.39, 0.29) is 24.3 Å². The van der Waals surface area contributed by atoms with Crippen LogP contribution in [0.25, 0.3) is 0 Å². The number of amides is 4. The fraction of sp³-hybridized carbons (Fsp3) is 0.471. The van der Waals surface area contributed by atoms with Gasteiger partial charge in [0.1, 0.15) is 6.04 Å². The normalized spacial score (nSPS) is 20.5. The second-order valence-corrected chi connectivity index (χ2v) is 6.11. The van der Waals surface area contributed by atoms with E-state index in [1.807, 2.05) is 30.3 Å². The van der Waals surface area contributed by atoms with Crippen molar-refractivity contribution in [3.8, 4) is 0 Å². The molecule has 23 heavy (non-hydrogen) atoms. The molecule has 4 amide bonds. The lowest BCUT2D eigenvalue weighted by Crippen LogP contribution is -2.34. The second-order valence-electron chi connectivity index (χ2n) is 6.11. The number of carbonyl (C=O) groups excluding carboxylic acids is 3. The third-order valence-corrected chi connectivity index (χ3v) is 4.18. The smallest absolute Gasteiger partial charge is 0.324 e. The summed E-state index contributed by atoms with van der Waals surface area (Å²) in [6.07, 6.45) is 3.33. The topological polar surface area (TPSA) is 78.5 Å². The van der Waals surface area contributed by atoms with Gasteiger partial charge in [0.2, 0.25) is 5.91 Å². The molecule has 2 N–H and O–H groups in total. The average Bonchev–Trinajstić information content (AvgIpc) is 3.31. The van der Waals surface area contributed by atoms with Crippen molar-refractivity contribution >= 4 is 17.8 Å². The molecule has 0 spiro atoms. The fourth-order valence-corrected chi connectivity index (χ4v) is 2.67. The number of nitrogens with zero attached hydrogens (tertiary/aromatic N) is 1. The summed E-state index contributed by atoms with van der Waals surface area (Å²) in [6.45, 7) is 0.361. The third kappa shape index (κ3) is 4.09. The molecular weight excluding hydrogens is 294 g/mol. The van der Waals surface area contributed by atoms with Crippen molar-refractivity contribution in [3.05, 3.63) is 35.9 Å². The van der Waals surface area contributed by atoms with Crippen molar-refractivity contribution in [1.82, 2.24) is 15.5 Å². The van der Waals surface area contributed by atoms with E-state index in [1.54, 1.807) is 0 Å². The molecule has 0 aromatic heterocycles. The minimum atomic E-state index is -0.580. The lowest BCUT2D eigenvalue weighted by Gasteiger charge is -2.13. The Morgan fingerprint density at radius 2 is 1.96 bits per heavy atom. The molecule has 1 aromatic carbocycles. The van der Waals surface area contributed by atoms with Crippen LogP contribution in [0.15, 0.2) is 30.3 Å². The Morgan fingerprint density at radius 1 is 1.22 bits per heavy atom. The number of hydrogen-bond donors (Lipinski definition) is 2. The predicted octanol–water partition coefficient (Wildman–Crippen LogP) is 1.21. The molecule has 1 saturated carbocycles. The molecule has 1 aliphatic carbocycles. The summed E-state index contributed by atoms with van der Waals surface area (Å²) in [5.74, 6) is -0.276. The Balaban J connectivity index is 1.47. The van der Waals surface area contributed by atoms with Crippen LogP contribution in [-0.4, -0.2) is 41.4 Å². The standard InChI is InChI=1S/C17H21N3O3/c21-15(18-13-6-7-13)9-8-14-16(22)20(17(23)19-14)11-10-12-4-2-1-3-5-12/h1-5,13-14H,6-11H2,(H,18,21)(H,19,23)/t14-/m1/s1. The summed E-state index contributed by atoms with van der Waals surface area (Å²) in [6, 6.07) is 9.11. The minimum Gasteiger partial charge on any atom is -0.353 e. The SMILES string of the molecule is O=C(CC[C@H]1NC(=O)N(CCc2ccccc2)C1=O)NC1CC1. The first-order valence-corrected chi connectivity index (χ1v) is 8.08. The zero-order valence-electron chi connectivity index (χ0n) is 13.0. The molecule has 0 radical (unpaired) electrons. The van der Waals surface area contributed by atoms with Crippen molar-refractivity contribution in [2.75, 3.05) is 6.54 Å². The number of rotatable bonds is 7. The Bertz CT molecular complexity index is 598. The second kappa shape index (κ2) is 6.81. The van der Waals surface area contributed by atoms with Gasteiger partial charge >= 0.3 is 6.03 Å². The quantitative estimate of drug-likeness (QED) is 0.742. The van der Waals surface area contributed by atoms with E-state index in [2.05, 4.69) is 10.6 Å². The van der Waals surface area contributed by atoms with Crippen LogP contribution in [0.4, 0.5) is 4.79 Å². The highest BCUT2D eigenvalue weighted by Gasteiger charge is 2.37. The van der Waals surface area contributed by atoms with Gasteiger partial charge in [-0.15, -0.1) is 0 Å². The maximum atomic E-state index is 12.3. The molecule has 0 unspecified atom stereocenters. The third-order valence-electron chi connectivity index (χ3n) is 4.18. The minimum absolute atomic E-state index is 0.0442. The van der Waals surface area contributed by atoms with Gasteiger partial charge in [-0.1, -0.05) is 30.3 Å². The lowest BCUT2D eigenvalue weighted by atomic mass is 10.1. The van der Waals surface area contributed by atoms with Gasteiger partial charge in [-0.3, -0.25) is 14.5 Å². The van der Waals surface area contributed by atoms with Gasteiger partial charge in [0.15, 0.2) is 0 Å². The van der Waals surface area contributed by atoms with E-state index >= 15 is 0 Å². The molecule has 2 fully saturated rings. The Hall–Kier alpha value is -2.37. The number of hydrogen-bond acceptors (Lipinski definition) is 3. The highest BCUT2D eigenvalue weighted by Crippen LogP contribution is 2.19. The molecule has 0 bridgehead atoms. The molecule has 3 rings (SSSR count). The van der Waals surface area contributed by atoms with Crippen molar-refractivity contribution < 1.29 is 14.4 Å². The maximum absolute atomic E-state index is 12.3. The summed E-state index contributed by atoms with van der Waals surface area (Å²) >= 11 is 0. The predicted molar refractivity (Wildman–Crippen MR) is 84.6 cm³/mol. The van der Waals surface area contributed by atoms with Gasteiger partial charge < -0.3 is 10.6 Å². The van der Waals surface area contributed by atoms with E-state index in [0.29, 0.717) is 25.4 Å². The van der Waals surface area contributed by atoms with Crippen LogP contribution in [0.5, 0.6) is 0 Å². The molecule has 122 valence electrons. The first-order valence-electron chi connectivity index (χ1n) is 8.08. The number of imide groups is 1. The first-order chi connectivity index (χ1) is 11.1. The largest absolute Gasteiger partial charge is 0.353 e. The molecular formula is C17H21N3O3. The van der Waals surface area contributed by atoms with E-state index < -0.39 is 6.04 Å². The molecule has 1 heterocycles. The summed E-state index contributed by atoms with van der Waals surface area (Å²) in [5.41, 5.74) is 1.08. The van der Waals surface area contributed by atoms with Crippen molar-refractivity contribution in [2.24, 2.45) is 0 Å². The van der Waals surface area contributed by atoms with Crippen LogP contribution in [0.3, 0.4) is 0 Å². The molecule has 1 saturated heterocycles. The molecule has 6 nitrogen and oxygen atoms in total. The van der Waals surface area contributed by atoms with Crippen LogP contribution in [0.2, 0.25) is 0 Å². The summed E-state index contributed by atoms with van der Waals surface area (Å²) in [7, 11) is 0. The number of urea groups is 1. The van der Waals surface area contributed by atoms with E-state index in [9.17, 15) is 14.4 Å². The van der Waals surface area contributed by atoms with Gasteiger partial charge in [-0.25, -0.2) is 4.79 Å². The van der Waals surface area contributed by atoms with E-state index in [1.165, 1.54) is 4.90 Å². The van der Waals surface area contributed by atoms with E-state index in [4.69, 9.17) is 0 Å². The summed E-state index contributed by atoms with van der Waals surface area (Å²) in [4.78, 5) is 37.2. The number of carbonyl (C=O) groups is 3. The van der Waals surface area contributed by atoms with Gasteiger partial charge in [0, 0.05) is 19.0 Å². The molecule has 1 aromatic rings. The lowest BCUT2D eigenvalue weighted by molar-refractivity contribution is -0.127. The molecule has 1 aliphatic heterocycles. The van der Waals surface area contributed by atoms with Crippen molar-refractivity contribution in [3.63, 3.8) is 0 Å². The molecule has 1 atom stereocenters. The van der Waals surface area contributed by atoms with Crippen molar-refractivity contribution in [1.29, 1.82) is 0 Å². The fourth-order valence-electron chi connectivity index (χ4n) is 2.67. The number of benzene rings is 1. The Labute approximate surface area is 135 Å². The summed E-state index contributed by atoms with van der Waals surface area (Å²) in [5, 5.41) is 5.56. The van der Waals surface area contributed by atoms with Crippen molar-refractivity contribution in [2.45, 2.75) is 44.2 Å². The van der Waals surface area contributed by atoms with Crippen LogP contribution in [0.1, 0.15) is 31.2 Å². The average molecular weight is 315 g/mol. The van der Waals surface area contributed by atoms with Gasteiger partial charge in [0.05, 0.1) is 0 Å². The van der Waals surface area contributed by atoms with Gasteiger partial charge in [-0.2, -0.15) is 0 Å². The Morgan fingerprint density at radius 3 is 2.65 bits per heavy atom. The van der Waals surface area contributed by atoms with Crippen LogP contribution < -0.4 is 10.6 Å².